The van der Waals surface area contributed by atoms with Crippen molar-refractivity contribution in [2.75, 3.05) is 29.1 Å². The van der Waals surface area contributed by atoms with Gasteiger partial charge in [0.25, 0.3) is 0 Å². The Morgan fingerprint density at radius 2 is 1.58 bits per heavy atom. The third-order valence-corrected chi connectivity index (χ3v) is 6.31. The molecule has 0 unspecified atom stereocenters. The lowest BCUT2D eigenvalue weighted by atomic mass is 10.1. The summed E-state index contributed by atoms with van der Waals surface area (Å²) in [5.41, 5.74) is 1.75. The van der Waals surface area contributed by atoms with Gasteiger partial charge < -0.3 is 10.2 Å². The van der Waals surface area contributed by atoms with Gasteiger partial charge in [-0.1, -0.05) is 30.3 Å². The summed E-state index contributed by atoms with van der Waals surface area (Å²) in [5.74, 6) is -0.483. The van der Waals surface area contributed by atoms with Crippen LogP contribution in [0.3, 0.4) is 0 Å². The van der Waals surface area contributed by atoms with Crippen LogP contribution in [-0.4, -0.2) is 33.2 Å². The van der Waals surface area contributed by atoms with E-state index in [2.05, 4.69) is 10.2 Å². The molecule has 1 amide bonds. The first-order chi connectivity index (χ1) is 12.6. The average molecular weight is 372 g/mol. The summed E-state index contributed by atoms with van der Waals surface area (Å²) in [5, 5.41) is 2.89. The Labute approximate surface area is 154 Å². The van der Waals surface area contributed by atoms with E-state index in [1.165, 1.54) is 6.42 Å². The minimum absolute atomic E-state index is 0.0639. The van der Waals surface area contributed by atoms with Crippen LogP contribution < -0.4 is 10.2 Å². The Hall–Kier alpha value is -2.34. The number of carbonyl (C=O) groups excluding carboxylic acids is 1. The van der Waals surface area contributed by atoms with Crippen molar-refractivity contribution in [1.82, 2.24) is 0 Å². The van der Waals surface area contributed by atoms with Crippen LogP contribution in [0.4, 0.5) is 11.4 Å². The summed E-state index contributed by atoms with van der Waals surface area (Å²) in [6.45, 7) is 1.96. The highest BCUT2D eigenvalue weighted by atomic mass is 32.2. The van der Waals surface area contributed by atoms with E-state index >= 15 is 0 Å². The van der Waals surface area contributed by atoms with E-state index in [-0.39, 0.29) is 23.0 Å². The van der Waals surface area contributed by atoms with Gasteiger partial charge in [-0.05, 0) is 43.5 Å². The van der Waals surface area contributed by atoms with Gasteiger partial charge in [0.2, 0.25) is 5.91 Å². The monoisotopic (exact) mass is 372 g/mol. The molecule has 0 bridgehead atoms. The topological polar surface area (TPSA) is 66.5 Å². The van der Waals surface area contributed by atoms with E-state index in [1.54, 1.807) is 30.3 Å². The molecule has 1 heterocycles. The van der Waals surface area contributed by atoms with E-state index in [4.69, 9.17) is 0 Å². The SMILES string of the molecule is O=C(CCS(=O)(=O)c1ccccc1)Nc1ccccc1N1CCCCC1. The number of amides is 1. The van der Waals surface area contributed by atoms with Gasteiger partial charge in [0.05, 0.1) is 22.0 Å². The van der Waals surface area contributed by atoms with Gasteiger partial charge in [-0.3, -0.25) is 4.79 Å². The predicted octanol–water partition coefficient (Wildman–Crippen LogP) is 3.48. The highest BCUT2D eigenvalue weighted by Gasteiger charge is 2.18. The second-order valence-corrected chi connectivity index (χ2v) is 8.60. The lowest BCUT2D eigenvalue weighted by Gasteiger charge is -2.30. The minimum Gasteiger partial charge on any atom is -0.370 e. The minimum atomic E-state index is -3.45. The van der Waals surface area contributed by atoms with E-state index in [0.29, 0.717) is 0 Å². The molecule has 6 heteroatoms. The molecule has 26 heavy (non-hydrogen) atoms. The molecule has 2 aromatic rings. The highest BCUT2D eigenvalue weighted by molar-refractivity contribution is 7.91. The van der Waals surface area contributed by atoms with Crippen LogP contribution in [0.5, 0.6) is 0 Å². The summed E-state index contributed by atoms with van der Waals surface area (Å²) in [4.78, 5) is 14.9. The third kappa shape index (κ3) is 4.64. The van der Waals surface area contributed by atoms with Crippen molar-refractivity contribution in [3.8, 4) is 0 Å². The van der Waals surface area contributed by atoms with E-state index in [1.807, 2.05) is 24.3 Å². The lowest BCUT2D eigenvalue weighted by molar-refractivity contribution is -0.115. The van der Waals surface area contributed by atoms with E-state index in [9.17, 15) is 13.2 Å². The lowest BCUT2D eigenvalue weighted by Crippen LogP contribution is -2.30. The van der Waals surface area contributed by atoms with Crippen molar-refractivity contribution >= 4 is 27.1 Å². The molecule has 0 saturated carbocycles. The number of hydrogen-bond donors (Lipinski definition) is 1. The third-order valence-electron chi connectivity index (χ3n) is 4.58. The number of rotatable bonds is 6. The molecule has 0 aliphatic carbocycles. The summed E-state index contributed by atoms with van der Waals surface area (Å²) < 4.78 is 24.6. The molecular formula is C20H24N2O3S. The van der Waals surface area contributed by atoms with Crippen molar-refractivity contribution in [3.05, 3.63) is 54.6 Å². The molecule has 2 aromatic carbocycles. The number of nitrogens with one attached hydrogen (secondary N) is 1. The van der Waals surface area contributed by atoms with Crippen LogP contribution in [0.25, 0.3) is 0 Å². The predicted molar refractivity (Wildman–Crippen MR) is 104 cm³/mol. The Morgan fingerprint density at radius 3 is 2.31 bits per heavy atom. The van der Waals surface area contributed by atoms with Gasteiger partial charge in [0.15, 0.2) is 9.84 Å². The second-order valence-electron chi connectivity index (χ2n) is 6.49. The van der Waals surface area contributed by atoms with Crippen LogP contribution in [0.1, 0.15) is 25.7 Å². The number of hydrogen-bond acceptors (Lipinski definition) is 4. The fraction of sp³-hybridized carbons (Fsp3) is 0.350. The van der Waals surface area contributed by atoms with Crippen molar-refractivity contribution in [2.24, 2.45) is 0 Å². The first-order valence-corrected chi connectivity index (χ1v) is 10.6. The summed E-state index contributed by atoms with van der Waals surface area (Å²) in [6.07, 6.45) is 3.48. The van der Waals surface area contributed by atoms with Crippen molar-refractivity contribution < 1.29 is 13.2 Å². The van der Waals surface area contributed by atoms with Gasteiger partial charge in [0.1, 0.15) is 0 Å². The Kier molecular flexibility index (Phi) is 5.93. The van der Waals surface area contributed by atoms with Crippen LogP contribution in [0, 0.1) is 0 Å². The molecule has 1 fully saturated rings. The van der Waals surface area contributed by atoms with Crippen LogP contribution in [0.15, 0.2) is 59.5 Å². The van der Waals surface area contributed by atoms with E-state index < -0.39 is 9.84 Å². The molecule has 3 rings (SSSR count). The number of sulfone groups is 1. The summed E-state index contributed by atoms with van der Waals surface area (Å²) in [7, 11) is -3.45. The molecular weight excluding hydrogens is 348 g/mol. The van der Waals surface area contributed by atoms with Gasteiger partial charge in [0, 0.05) is 19.5 Å². The zero-order valence-electron chi connectivity index (χ0n) is 14.7. The molecule has 1 aliphatic heterocycles. The first kappa shape index (κ1) is 18.5. The largest absolute Gasteiger partial charge is 0.370 e. The molecule has 0 radical (unpaired) electrons. The Balaban J connectivity index is 1.64. The number of para-hydroxylation sites is 2. The van der Waals surface area contributed by atoms with Gasteiger partial charge in [-0.25, -0.2) is 8.42 Å². The maximum absolute atomic E-state index is 12.3. The number of carbonyl (C=O) groups is 1. The van der Waals surface area contributed by atoms with Crippen LogP contribution in [-0.2, 0) is 14.6 Å². The standard InChI is InChI=1S/C20H24N2O3S/c23-20(13-16-26(24,25)17-9-3-1-4-10-17)21-18-11-5-6-12-19(18)22-14-7-2-8-15-22/h1,3-6,9-12H,2,7-8,13-16H2,(H,21,23). The van der Waals surface area contributed by atoms with Crippen molar-refractivity contribution in [3.63, 3.8) is 0 Å². The van der Waals surface area contributed by atoms with Crippen molar-refractivity contribution in [1.29, 1.82) is 0 Å². The first-order valence-electron chi connectivity index (χ1n) is 8.98. The zero-order valence-corrected chi connectivity index (χ0v) is 15.5. The molecule has 138 valence electrons. The number of piperidine rings is 1. The molecule has 1 aliphatic rings. The van der Waals surface area contributed by atoms with Gasteiger partial charge in [-0.15, -0.1) is 0 Å². The zero-order chi connectivity index (χ0) is 18.4. The Bertz CT molecular complexity index is 844. The van der Waals surface area contributed by atoms with Crippen molar-refractivity contribution in [2.45, 2.75) is 30.6 Å². The highest BCUT2D eigenvalue weighted by Crippen LogP contribution is 2.28. The number of nitrogens with zero attached hydrogens (tertiary/aromatic N) is 1. The molecule has 5 nitrogen and oxygen atoms in total. The normalized spacial score (nSPS) is 14.8. The maximum Gasteiger partial charge on any atom is 0.225 e. The maximum atomic E-state index is 12.3. The molecule has 0 aromatic heterocycles. The number of benzene rings is 2. The summed E-state index contributed by atoms with van der Waals surface area (Å²) in [6, 6.07) is 15.9. The Morgan fingerprint density at radius 1 is 0.923 bits per heavy atom. The summed E-state index contributed by atoms with van der Waals surface area (Å²) >= 11 is 0. The number of anilines is 2. The van der Waals surface area contributed by atoms with Crippen LogP contribution in [0.2, 0.25) is 0 Å². The quantitative estimate of drug-likeness (QED) is 0.843. The fourth-order valence-electron chi connectivity index (χ4n) is 3.18. The molecule has 1 saturated heterocycles. The fourth-order valence-corrected chi connectivity index (χ4v) is 4.44. The van der Waals surface area contributed by atoms with Gasteiger partial charge >= 0.3 is 0 Å². The molecule has 0 atom stereocenters. The smallest absolute Gasteiger partial charge is 0.225 e. The average Bonchev–Trinajstić information content (AvgIpc) is 2.68. The van der Waals surface area contributed by atoms with Crippen LogP contribution >= 0.6 is 0 Å². The van der Waals surface area contributed by atoms with Gasteiger partial charge in [-0.2, -0.15) is 0 Å². The second kappa shape index (κ2) is 8.36. The molecule has 0 spiro atoms. The molecule has 1 N–H and O–H groups in total. The van der Waals surface area contributed by atoms with E-state index in [0.717, 1.165) is 37.3 Å².